The van der Waals surface area contributed by atoms with Crippen molar-refractivity contribution in [2.24, 2.45) is 0 Å². The number of alkyl halides is 3. The number of benzene rings is 1. The van der Waals surface area contributed by atoms with Crippen LogP contribution in [-0.2, 0) is 12.6 Å². The summed E-state index contributed by atoms with van der Waals surface area (Å²) in [7, 11) is 0. The standard InChI is InChI=1S/C12H10BrF3N2O/c13-7-1-2-8(9(5-7)12(14,15)16)10(19)6-11-17-3-4-18-11/h1-5,10,19H,6H2,(H,17,18). The zero-order valence-corrected chi connectivity index (χ0v) is 11.2. The summed E-state index contributed by atoms with van der Waals surface area (Å²) in [6, 6.07) is 3.69. The molecule has 0 bridgehead atoms. The molecule has 7 heteroatoms. The first-order valence-electron chi connectivity index (χ1n) is 5.41. The van der Waals surface area contributed by atoms with E-state index in [2.05, 4.69) is 25.9 Å². The zero-order chi connectivity index (χ0) is 14.0. The smallest absolute Gasteiger partial charge is 0.388 e. The van der Waals surface area contributed by atoms with Gasteiger partial charge in [-0.25, -0.2) is 4.98 Å². The summed E-state index contributed by atoms with van der Waals surface area (Å²) in [6.07, 6.45) is -2.75. The van der Waals surface area contributed by atoms with Gasteiger partial charge in [0.1, 0.15) is 5.82 Å². The Hall–Kier alpha value is -1.34. The van der Waals surface area contributed by atoms with Crippen LogP contribution in [0.5, 0.6) is 0 Å². The number of nitrogens with one attached hydrogen (secondary N) is 1. The Morgan fingerprint density at radius 2 is 2.11 bits per heavy atom. The van der Waals surface area contributed by atoms with Crippen molar-refractivity contribution in [2.45, 2.75) is 18.7 Å². The fourth-order valence-corrected chi connectivity index (χ4v) is 2.13. The number of nitrogens with zero attached hydrogens (tertiary/aromatic N) is 1. The predicted octanol–water partition coefficient (Wildman–Crippen LogP) is 3.47. The topological polar surface area (TPSA) is 48.9 Å². The molecule has 2 N–H and O–H groups in total. The molecule has 19 heavy (non-hydrogen) atoms. The van der Waals surface area contributed by atoms with Crippen LogP contribution >= 0.6 is 15.9 Å². The molecule has 0 fully saturated rings. The molecule has 0 amide bonds. The Bertz CT molecular complexity index is 555. The molecule has 0 spiro atoms. The van der Waals surface area contributed by atoms with Crippen LogP contribution in [0.1, 0.15) is 23.1 Å². The molecule has 2 rings (SSSR count). The first kappa shape index (κ1) is 14.1. The average molecular weight is 335 g/mol. The highest BCUT2D eigenvalue weighted by atomic mass is 79.9. The Balaban J connectivity index is 2.33. The molecule has 0 aliphatic heterocycles. The number of aliphatic hydroxyl groups excluding tert-OH is 1. The fourth-order valence-electron chi connectivity index (χ4n) is 1.77. The average Bonchev–Trinajstić information content (AvgIpc) is 2.80. The Morgan fingerprint density at radius 1 is 1.37 bits per heavy atom. The van der Waals surface area contributed by atoms with Crippen LogP contribution in [0.4, 0.5) is 13.2 Å². The van der Waals surface area contributed by atoms with Crippen LogP contribution in [0.15, 0.2) is 35.1 Å². The summed E-state index contributed by atoms with van der Waals surface area (Å²) in [6.45, 7) is 0. The fraction of sp³-hybridized carbons (Fsp3) is 0.250. The normalized spacial score (nSPS) is 13.5. The van der Waals surface area contributed by atoms with Gasteiger partial charge in [-0.2, -0.15) is 13.2 Å². The van der Waals surface area contributed by atoms with Gasteiger partial charge in [-0.3, -0.25) is 0 Å². The van der Waals surface area contributed by atoms with Crippen molar-refractivity contribution in [3.8, 4) is 0 Å². The van der Waals surface area contributed by atoms with Gasteiger partial charge in [-0.1, -0.05) is 22.0 Å². The lowest BCUT2D eigenvalue weighted by molar-refractivity contribution is -0.139. The lowest BCUT2D eigenvalue weighted by Crippen LogP contribution is -2.14. The van der Waals surface area contributed by atoms with Gasteiger partial charge in [0, 0.05) is 23.3 Å². The number of hydrogen-bond donors (Lipinski definition) is 2. The van der Waals surface area contributed by atoms with Crippen molar-refractivity contribution in [3.63, 3.8) is 0 Å². The number of halogens is 4. The summed E-state index contributed by atoms with van der Waals surface area (Å²) in [5.74, 6) is 0.434. The summed E-state index contributed by atoms with van der Waals surface area (Å²) in [5, 5.41) is 9.95. The van der Waals surface area contributed by atoms with Crippen LogP contribution in [-0.4, -0.2) is 15.1 Å². The Kier molecular flexibility index (Phi) is 3.96. The van der Waals surface area contributed by atoms with E-state index < -0.39 is 17.8 Å². The largest absolute Gasteiger partial charge is 0.416 e. The maximum absolute atomic E-state index is 12.9. The van der Waals surface area contributed by atoms with Gasteiger partial charge in [0.05, 0.1) is 11.7 Å². The molecule has 1 atom stereocenters. The molecular formula is C12H10BrF3N2O. The molecule has 102 valence electrons. The van der Waals surface area contributed by atoms with E-state index in [0.717, 1.165) is 6.07 Å². The molecular weight excluding hydrogens is 325 g/mol. The summed E-state index contributed by atoms with van der Waals surface area (Å²) in [5.41, 5.74) is -1.01. The minimum absolute atomic E-state index is 0.00227. The maximum Gasteiger partial charge on any atom is 0.416 e. The highest BCUT2D eigenvalue weighted by Crippen LogP contribution is 2.36. The van der Waals surface area contributed by atoms with Crippen LogP contribution in [0.3, 0.4) is 0 Å². The second kappa shape index (κ2) is 5.34. The van der Waals surface area contributed by atoms with E-state index in [0.29, 0.717) is 10.3 Å². The number of imidazole rings is 1. The molecule has 1 aromatic heterocycles. The molecule has 0 saturated heterocycles. The van der Waals surface area contributed by atoms with Crippen LogP contribution in [0.2, 0.25) is 0 Å². The quantitative estimate of drug-likeness (QED) is 0.902. The van der Waals surface area contributed by atoms with Gasteiger partial charge < -0.3 is 10.1 Å². The van der Waals surface area contributed by atoms with E-state index in [4.69, 9.17) is 0 Å². The van der Waals surface area contributed by atoms with Gasteiger partial charge in [-0.15, -0.1) is 0 Å². The van der Waals surface area contributed by atoms with Crippen LogP contribution < -0.4 is 0 Å². The van der Waals surface area contributed by atoms with Gasteiger partial charge in [0.25, 0.3) is 0 Å². The highest BCUT2D eigenvalue weighted by Gasteiger charge is 2.35. The van der Waals surface area contributed by atoms with Gasteiger partial charge in [0.2, 0.25) is 0 Å². The second-order valence-electron chi connectivity index (χ2n) is 3.99. The third kappa shape index (κ3) is 3.36. The highest BCUT2D eigenvalue weighted by molar-refractivity contribution is 9.10. The molecule has 1 heterocycles. The first-order valence-corrected chi connectivity index (χ1v) is 6.20. The molecule has 2 aromatic rings. The molecule has 1 unspecified atom stereocenters. The third-order valence-corrected chi connectivity index (χ3v) is 3.11. The Labute approximate surface area is 115 Å². The number of aromatic nitrogens is 2. The SMILES string of the molecule is OC(Cc1ncc[nH]1)c1ccc(Br)cc1C(F)(F)F. The molecule has 0 radical (unpaired) electrons. The van der Waals surface area contributed by atoms with Crippen molar-refractivity contribution >= 4 is 15.9 Å². The van der Waals surface area contributed by atoms with Crippen molar-refractivity contribution in [3.05, 3.63) is 52.0 Å². The summed E-state index contributed by atoms with van der Waals surface area (Å²) >= 11 is 3.00. The third-order valence-electron chi connectivity index (χ3n) is 2.62. The first-order chi connectivity index (χ1) is 8.88. The second-order valence-corrected chi connectivity index (χ2v) is 4.90. The monoisotopic (exact) mass is 334 g/mol. The molecule has 3 nitrogen and oxygen atoms in total. The summed E-state index contributed by atoms with van der Waals surface area (Å²) < 4.78 is 39.1. The van der Waals surface area contributed by atoms with Gasteiger partial charge in [-0.05, 0) is 17.7 Å². The summed E-state index contributed by atoms with van der Waals surface area (Å²) in [4.78, 5) is 6.63. The van der Waals surface area contributed by atoms with E-state index in [9.17, 15) is 18.3 Å². The number of H-pyrrole nitrogens is 1. The predicted molar refractivity (Wildman–Crippen MR) is 66.4 cm³/mol. The van der Waals surface area contributed by atoms with E-state index >= 15 is 0 Å². The van der Waals surface area contributed by atoms with Crippen molar-refractivity contribution < 1.29 is 18.3 Å². The number of rotatable bonds is 3. The minimum atomic E-state index is -4.51. The van der Waals surface area contributed by atoms with E-state index in [1.807, 2.05) is 0 Å². The van der Waals surface area contributed by atoms with E-state index in [-0.39, 0.29) is 12.0 Å². The molecule has 1 aromatic carbocycles. The lowest BCUT2D eigenvalue weighted by atomic mass is 9.99. The van der Waals surface area contributed by atoms with E-state index in [1.165, 1.54) is 18.3 Å². The molecule has 0 aliphatic carbocycles. The van der Waals surface area contributed by atoms with Crippen molar-refractivity contribution in [1.29, 1.82) is 0 Å². The molecule has 0 aliphatic rings. The maximum atomic E-state index is 12.9. The number of aromatic amines is 1. The van der Waals surface area contributed by atoms with E-state index in [1.54, 1.807) is 6.20 Å². The minimum Gasteiger partial charge on any atom is -0.388 e. The van der Waals surface area contributed by atoms with Gasteiger partial charge >= 0.3 is 6.18 Å². The number of hydrogen-bond acceptors (Lipinski definition) is 2. The van der Waals surface area contributed by atoms with Crippen molar-refractivity contribution in [1.82, 2.24) is 9.97 Å². The lowest BCUT2D eigenvalue weighted by Gasteiger charge is -2.17. The zero-order valence-electron chi connectivity index (χ0n) is 9.58. The van der Waals surface area contributed by atoms with Crippen LogP contribution in [0.25, 0.3) is 0 Å². The van der Waals surface area contributed by atoms with Gasteiger partial charge in [0.15, 0.2) is 0 Å². The van der Waals surface area contributed by atoms with Crippen molar-refractivity contribution in [2.75, 3.05) is 0 Å². The van der Waals surface area contributed by atoms with Crippen LogP contribution in [0, 0.1) is 0 Å². The Morgan fingerprint density at radius 3 is 2.68 bits per heavy atom. The number of aliphatic hydroxyl groups is 1. The molecule has 0 saturated carbocycles.